The van der Waals surface area contributed by atoms with Crippen molar-refractivity contribution in [2.45, 2.75) is 0 Å². The van der Waals surface area contributed by atoms with E-state index in [-0.39, 0.29) is 11.8 Å². The number of aromatic carboxylic acids is 1. The van der Waals surface area contributed by atoms with E-state index in [9.17, 15) is 14.4 Å². The molecule has 10 heteroatoms. The standard InChI is InChI=1S/C10H10N4O2S.C5H4O2S/c1-14(10(16)7-4-5-11-12-7)13-9(15)8-3-2-6-17-8;6-5(7)4-2-1-3-8-4/h2-6H,1H3,(H,11,12)(H,13,15);1-3H,(H,6,7). The van der Waals surface area contributed by atoms with E-state index in [2.05, 4.69) is 15.6 Å². The van der Waals surface area contributed by atoms with Crippen molar-refractivity contribution >= 4 is 40.5 Å². The highest BCUT2D eigenvalue weighted by Gasteiger charge is 2.16. The number of rotatable bonds is 3. The van der Waals surface area contributed by atoms with Crippen molar-refractivity contribution in [2.75, 3.05) is 7.05 Å². The molecule has 0 aromatic carbocycles. The molecule has 0 atom stereocenters. The largest absolute Gasteiger partial charge is 0.477 e. The van der Waals surface area contributed by atoms with Gasteiger partial charge in [-0.1, -0.05) is 12.1 Å². The molecular weight excluding hydrogens is 364 g/mol. The topological polar surface area (TPSA) is 115 Å². The molecule has 0 saturated carbocycles. The molecule has 0 aliphatic rings. The fraction of sp³-hybridized carbons (Fsp3) is 0.0667. The van der Waals surface area contributed by atoms with Gasteiger partial charge < -0.3 is 5.11 Å². The quantitative estimate of drug-likeness (QED) is 0.605. The van der Waals surface area contributed by atoms with Crippen LogP contribution in [-0.2, 0) is 0 Å². The van der Waals surface area contributed by atoms with Crippen LogP contribution in [0.4, 0.5) is 0 Å². The van der Waals surface area contributed by atoms with E-state index < -0.39 is 5.97 Å². The Morgan fingerprint density at radius 1 is 1.12 bits per heavy atom. The minimum atomic E-state index is -0.847. The SMILES string of the molecule is CN(NC(=O)c1cccs1)C(=O)c1ccn[nH]1.O=C(O)c1cccs1. The summed E-state index contributed by atoms with van der Waals surface area (Å²) in [6.07, 6.45) is 1.47. The van der Waals surface area contributed by atoms with Crippen LogP contribution in [-0.4, -0.2) is 45.1 Å². The molecule has 3 aromatic heterocycles. The van der Waals surface area contributed by atoms with Gasteiger partial charge in [-0.25, -0.2) is 4.79 Å². The zero-order chi connectivity index (χ0) is 18.2. The predicted molar refractivity (Wildman–Crippen MR) is 93.7 cm³/mol. The molecule has 3 aromatic rings. The van der Waals surface area contributed by atoms with Crippen LogP contribution in [0.1, 0.15) is 29.8 Å². The predicted octanol–water partition coefficient (Wildman–Crippen LogP) is 2.33. The first-order chi connectivity index (χ1) is 12.0. The number of nitrogens with zero attached hydrogens (tertiary/aromatic N) is 2. The van der Waals surface area contributed by atoms with Gasteiger partial charge in [0.25, 0.3) is 11.8 Å². The first-order valence-electron chi connectivity index (χ1n) is 6.87. The maximum Gasteiger partial charge on any atom is 0.345 e. The van der Waals surface area contributed by atoms with Gasteiger partial charge in [-0.15, -0.1) is 22.7 Å². The first-order valence-corrected chi connectivity index (χ1v) is 8.63. The second-order valence-corrected chi connectivity index (χ2v) is 6.43. The Labute approximate surface area is 150 Å². The van der Waals surface area contributed by atoms with Gasteiger partial charge in [0.15, 0.2) is 0 Å². The molecule has 3 rings (SSSR count). The van der Waals surface area contributed by atoms with Gasteiger partial charge in [-0.05, 0) is 29.0 Å². The zero-order valence-corrected chi connectivity index (χ0v) is 14.6. The summed E-state index contributed by atoms with van der Waals surface area (Å²) in [5.74, 6) is -1.51. The molecule has 0 bridgehead atoms. The molecule has 0 aliphatic heterocycles. The molecule has 0 unspecified atom stereocenters. The van der Waals surface area contributed by atoms with Crippen molar-refractivity contribution in [3.63, 3.8) is 0 Å². The van der Waals surface area contributed by atoms with Gasteiger partial charge in [0.2, 0.25) is 0 Å². The number of hydrazine groups is 1. The zero-order valence-electron chi connectivity index (χ0n) is 13.0. The Hall–Kier alpha value is -2.98. The van der Waals surface area contributed by atoms with Gasteiger partial charge in [-0.3, -0.25) is 25.1 Å². The molecule has 0 spiro atoms. The van der Waals surface area contributed by atoms with E-state index in [0.29, 0.717) is 15.4 Å². The normalized spacial score (nSPS) is 9.64. The molecule has 130 valence electrons. The number of amides is 2. The Morgan fingerprint density at radius 3 is 2.20 bits per heavy atom. The van der Waals surface area contributed by atoms with E-state index in [1.165, 1.54) is 42.0 Å². The molecule has 3 N–H and O–H groups in total. The van der Waals surface area contributed by atoms with Crippen molar-refractivity contribution < 1.29 is 19.5 Å². The summed E-state index contributed by atoms with van der Waals surface area (Å²) < 4.78 is 0. The summed E-state index contributed by atoms with van der Waals surface area (Å²) >= 11 is 2.54. The lowest BCUT2D eigenvalue weighted by molar-refractivity contribution is 0.0634. The molecule has 0 radical (unpaired) electrons. The van der Waals surface area contributed by atoms with Crippen molar-refractivity contribution in [2.24, 2.45) is 0 Å². The molecule has 0 saturated heterocycles. The molecule has 8 nitrogen and oxygen atoms in total. The van der Waals surface area contributed by atoms with Gasteiger partial charge in [-0.2, -0.15) is 5.10 Å². The van der Waals surface area contributed by atoms with Crippen molar-refractivity contribution in [1.29, 1.82) is 0 Å². The third kappa shape index (κ3) is 5.26. The number of aromatic amines is 1. The Balaban J connectivity index is 0.000000236. The van der Waals surface area contributed by atoms with E-state index >= 15 is 0 Å². The van der Waals surface area contributed by atoms with E-state index in [1.807, 2.05) is 0 Å². The van der Waals surface area contributed by atoms with Crippen LogP contribution in [0.5, 0.6) is 0 Å². The molecular formula is C15H14N4O4S2. The number of carbonyl (C=O) groups excluding carboxylic acids is 2. The first kappa shape index (κ1) is 18.4. The molecule has 0 aliphatic carbocycles. The average molecular weight is 378 g/mol. The Kier molecular flexibility index (Phi) is 6.43. The van der Waals surface area contributed by atoms with E-state index in [1.54, 1.807) is 35.0 Å². The lowest BCUT2D eigenvalue weighted by Gasteiger charge is -2.16. The maximum absolute atomic E-state index is 11.8. The maximum atomic E-state index is 11.8. The summed E-state index contributed by atoms with van der Waals surface area (Å²) in [4.78, 5) is 34.4. The van der Waals surface area contributed by atoms with Crippen LogP contribution in [0.15, 0.2) is 47.3 Å². The van der Waals surface area contributed by atoms with Crippen LogP contribution in [0, 0.1) is 0 Å². The van der Waals surface area contributed by atoms with Gasteiger partial charge in [0.1, 0.15) is 10.6 Å². The third-order valence-corrected chi connectivity index (χ3v) is 4.51. The minimum absolute atomic E-state index is 0.310. The number of aromatic nitrogens is 2. The number of nitrogens with one attached hydrogen (secondary N) is 2. The Bertz CT molecular complexity index is 814. The lowest BCUT2D eigenvalue weighted by Crippen LogP contribution is -2.43. The fourth-order valence-corrected chi connectivity index (χ4v) is 2.80. The number of hydrogen-bond acceptors (Lipinski definition) is 6. The third-order valence-electron chi connectivity index (χ3n) is 2.78. The van der Waals surface area contributed by atoms with E-state index in [4.69, 9.17) is 5.11 Å². The summed E-state index contributed by atoms with van der Waals surface area (Å²) in [6.45, 7) is 0. The lowest BCUT2D eigenvalue weighted by atomic mass is 10.4. The summed E-state index contributed by atoms with van der Waals surface area (Å²) in [6, 6.07) is 8.29. The highest BCUT2D eigenvalue weighted by atomic mass is 32.1. The highest BCUT2D eigenvalue weighted by molar-refractivity contribution is 7.12. The van der Waals surface area contributed by atoms with Gasteiger partial charge in [0.05, 0.1) is 4.88 Å². The van der Waals surface area contributed by atoms with Crippen LogP contribution >= 0.6 is 22.7 Å². The van der Waals surface area contributed by atoms with Crippen molar-refractivity contribution in [3.05, 3.63) is 62.7 Å². The van der Waals surface area contributed by atoms with Crippen LogP contribution < -0.4 is 5.43 Å². The number of carboxylic acid groups (broad SMARTS) is 1. The summed E-state index contributed by atoms with van der Waals surface area (Å²) in [7, 11) is 1.48. The second kappa shape index (κ2) is 8.76. The van der Waals surface area contributed by atoms with Gasteiger partial charge >= 0.3 is 5.97 Å². The van der Waals surface area contributed by atoms with Crippen LogP contribution in [0.3, 0.4) is 0 Å². The molecule has 2 amide bonds. The molecule has 25 heavy (non-hydrogen) atoms. The monoisotopic (exact) mass is 378 g/mol. The van der Waals surface area contributed by atoms with Gasteiger partial charge in [0, 0.05) is 13.2 Å². The van der Waals surface area contributed by atoms with Crippen LogP contribution in [0.25, 0.3) is 0 Å². The highest BCUT2D eigenvalue weighted by Crippen LogP contribution is 2.08. The number of thiophene rings is 2. The van der Waals surface area contributed by atoms with Crippen molar-refractivity contribution in [1.82, 2.24) is 20.6 Å². The Morgan fingerprint density at radius 2 is 1.76 bits per heavy atom. The number of H-pyrrole nitrogens is 1. The summed E-state index contributed by atoms with van der Waals surface area (Å²) in [5, 5.41) is 19.1. The fourth-order valence-electron chi connectivity index (χ4n) is 1.62. The van der Waals surface area contributed by atoms with E-state index in [0.717, 1.165) is 5.01 Å². The number of carbonyl (C=O) groups is 3. The number of hydrogen-bond donors (Lipinski definition) is 3. The molecule has 3 heterocycles. The average Bonchev–Trinajstić information content (AvgIpc) is 3.38. The summed E-state index contributed by atoms with van der Waals surface area (Å²) in [5.41, 5.74) is 2.80. The smallest absolute Gasteiger partial charge is 0.345 e. The molecule has 0 fully saturated rings. The van der Waals surface area contributed by atoms with Crippen molar-refractivity contribution in [3.8, 4) is 0 Å². The minimum Gasteiger partial charge on any atom is -0.477 e. The number of carboxylic acids is 1. The van der Waals surface area contributed by atoms with Crippen LogP contribution in [0.2, 0.25) is 0 Å². The second-order valence-electron chi connectivity index (χ2n) is 4.54.